The summed E-state index contributed by atoms with van der Waals surface area (Å²) in [6.07, 6.45) is 9.52. The van der Waals surface area contributed by atoms with E-state index in [1.807, 2.05) is 6.08 Å². The fraction of sp³-hybridized carbons (Fsp3) is 0.864. The zero-order valence-corrected chi connectivity index (χ0v) is 16.1. The third kappa shape index (κ3) is 2.21. The summed E-state index contributed by atoms with van der Waals surface area (Å²) < 4.78 is 0. The second-order valence-electron chi connectivity index (χ2n) is 9.99. The lowest BCUT2D eigenvalue weighted by molar-refractivity contribution is -0.194. The molecule has 0 heterocycles. The highest BCUT2D eigenvalue weighted by molar-refractivity contribution is 5.91. The van der Waals surface area contributed by atoms with E-state index in [1.54, 1.807) is 0 Å². The molecule has 0 bridgehead atoms. The molecule has 0 aromatic rings. The predicted molar refractivity (Wildman–Crippen MR) is 97.9 cm³/mol. The van der Waals surface area contributed by atoms with Crippen LogP contribution in [0.25, 0.3) is 0 Å². The second kappa shape index (κ2) is 5.66. The van der Waals surface area contributed by atoms with Crippen LogP contribution in [0.1, 0.15) is 72.1 Å². The summed E-state index contributed by atoms with van der Waals surface area (Å²) >= 11 is 0. The number of hydrogen-bond donors (Lipinski definition) is 2. The van der Waals surface area contributed by atoms with Crippen LogP contribution in [-0.2, 0) is 4.79 Å². The summed E-state index contributed by atoms with van der Waals surface area (Å²) in [5.74, 6) is 2.07. The molecule has 7 atom stereocenters. The van der Waals surface area contributed by atoms with Gasteiger partial charge in [-0.25, -0.2) is 0 Å². The first-order valence-electron chi connectivity index (χ1n) is 10.3. The van der Waals surface area contributed by atoms with E-state index in [1.165, 1.54) is 18.4 Å². The van der Waals surface area contributed by atoms with Gasteiger partial charge in [0.1, 0.15) is 0 Å². The highest BCUT2D eigenvalue weighted by Gasteiger charge is 2.65. The van der Waals surface area contributed by atoms with Gasteiger partial charge in [-0.2, -0.15) is 0 Å². The van der Waals surface area contributed by atoms with Crippen LogP contribution in [0.5, 0.6) is 0 Å². The fourth-order valence-electron chi connectivity index (χ4n) is 7.60. The van der Waals surface area contributed by atoms with E-state index < -0.39 is 5.60 Å². The Morgan fingerprint density at radius 2 is 1.88 bits per heavy atom. The normalized spacial score (nSPS) is 50.5. The highest BCUT2D eigenvalue weighted by Crippen LogP contribution is 2.68. The Labute approximate surface area is 151 Å². The maximum absolute atomic E-state index is 12.0. The Hall–Kier alpha value is -0.670. The highest BCUT2D eigenvalue weighted by atomic mass is 16.3. The molecule has 2 N–H and O–H groups in total. The Morgan fingerprint density at radius 1 is 1.12 bits per heavy atom. The molecule has 4 aliphatic carbocycles. The van der Waals surface area contributed by atoms with Crippen molar-refractivity contribution >= 4 is 5.78 Å². The van der Waals surface area contributed by atoms with E-state index in [9.17, 15) is 15.0 Å². The maximum atomic E-state index is 12.0. The first-order valence-corrected chi connectivity index (χ1v) is 10.3. The minimum Gasteiger partial charge on any atom is -0.396 e. The van der Waals surface area contributed by atoms with Gasteiger partial charge in [0.2, 0.25) is 0 Å². The van der Waals surface area contributed by atoms with Gasteiger partial charge in [-0.1, -0.05) is 26.3 Å². The van der Waals surface area contributed by atoms with Gasteiger partial charge in [-0.05, 0) is 80.1 Å². The number of carbonyl (C=O) groups excluding carboxylic acids is 1. The molecule has 3 heteroatoms. The van der Waals surface area contributed by atoms with Crippen molar-refractivity contribution in [1.29, 1.82) is 0 Å². The molecular formula is C22H34O3. The van der Waals surface area contributed by atoms with Crippen molar-refractivity contribution in [3.63, 3.8) is 0 Å². The van der Waals surface area contributed by atoms with Gasteiger partial charge in [0.15, 0.2) is 5.78 Å². The van der Waals surface area contributed by atoms with Crippen molar-refractivity contribution in [2.75, 3.05) is 6.61 Å². The van der Waals surface area contributed by atoms with Gasteiger partial charge in [0.25, 0.3) is 0 Å². The third-order valence-electron chi connectivity index (χ3n) is 9.20. The Bertz CT molecular complexity index is 610. The maximum Gasteiger partial charge on any atom is 0.155 e. The van der Waals surface area contributed by atoms with Crippen molar-refractivity contribution < 1.29 is 15.0 Å². The van der Waals surface area contributed by atoms with Gasteiger partial charge in [0, 0.05) is 18.4 Å². The lowest BCUT2D eigenvalue weighted by Crippen LogP contribution is -2.63. The Morgan fingerprint density at radius 3 is 2.60 bits per heavy atom. The molecule has 0 spiro atoms. The largest absolute Gasteiger partial charge is 0.396 e. The molecule has 0 saturated heterocycles. The number of aliphatic hydroxyl groups excluding tert-OH is 1. The molecule has 3 fully saturated rings. The van der Waals surface area contributed by atoms with E-state index >= 15 is 0 Å². The van der Waals surface area contributed by atoms with Crippen molar-refractivity contribution in [2.24, 2.45) is 34.5 Å². The van der Waals surface area contributed by atoms with Crippen LogP contribution in [0.15, 0.2) is 11.6 Å². The Balaban J connectivity index is 1.70. The van der Waals surface area contributed by atoms with Crippen LogP contribution in [0.3, 0.4) is 0 Å². The molecule has 1 unspecified atom stereocenters. The predicted octanol–water partition coefficient (Wildman–Crippen LogP) is 3.88. The summed E-state index contributed by atoms with van der Waals surface area (Å²) in [6.45, 7) is 7.12. The van der Waals surface area contributed by atoms with Crippen LogP contribution in [0.4, 0.5) is 0 Å². The standard InChI is InChI=1S/C22H34O3/c1-14(13-23)17-6-7-18-19-5-4-15-12-16(24)8-9-21(15,3)22(19,25)11-10-20(17,18)2/h12,14,17-19,23,25H,4-11,13H2,1-3H3/t14?,17-,18+,19+,20-,21+,22-/m1/s1. The van der Waals surface area contributed by atoms with Crippen molar-refractivity contribution in [2.45, 2.75) is 77.7 Å². The van der Waals surface area contributed by atoms with Gasteiger partial charge in [-0.15, -0.1) is 0 Å². The summed E-state index contributed by atoms with van der Waals surface area (Å²) in [5.41, 5.74) is 0.594. The minimum atomic E-state index is -0.653. The van der Waals surface area contributed by atoms with Crippen LogP contribution in [0.2, 0.25) is 0 Å². The molecule has 140 valence electrons. The summed E-state index contributed by atoms with van der Waals surface area (Å²) in [4.78, 5) is 11.9. The zero-order valence-electron chi connectivity index (χ0n) is 16.1. The third-order valence-corrected chi connectivity index (χ3v) is 9.20. The molecule has 0 amide bonds. The number of rotatable bonds is 2. The molecule has 3 nitrogen and oxygen atoms in total. The van der Waals surface area contributed by atoms with E-state index in [0.29, 0.717) is 30.1 Å². The van der Waals surface area contributed by atoms with Crippen LogP contribution >= 0.6 is 0 Å². The number of hydrogen-bond acceptors (Lipinski definition) is 3. The summed E-state index contributed by atoms with van der Waals surface area (Å²) in [5, 5.41) is 21.7. The van der Waals surface area contributed by atoms with Crippen molar-refractivity contribution in [3.05, 3.63) is 11.6 Å². The van der Waals surface area contributed by atoms with E-state index in [2.05, 4.69) is 20.8 Å². The molecule has 4 aliphatic rings. The van der Waals surface area contributed by atoms with Gasteiger partial charge < -0.3 is 10.2 Å². The summed E-state index contributed by atoms with van der Waals surface area (Å²) in [7, 11) is 0. The Kier molecular flexibility index (Phi) is 4.01. The van der Waals surface area contributed by atoms with Crippen LogP contribution in [0, 0.1) is 34.5 Å². The van der Waals surface area contributed by atoms with Gasteiger partial charge in [0.05, 0.1) is 5.60 Å². The van der Waals surface area contributed by atoms with Crippen LogP contribution < -0.4 is 0 Å². The number of aliphatic hydroxyl groups is 2. The topological polar surface area (TPSA) is 57.5 Å². The zero-order chi connectivity index (χ0) is 18.0. The van der Waals surface area contributed by atoms with E-state index in [0.717, 1.165) is 32.1 Å². The monoisotopic (exact) mass is 346 g/mol. The van der Waals surface area contributed by atoms with Gasteiger partial charge >= 0.3 is 0 Å². The lowest BCUT2D eigenvalue weighted by atomic mass is 9.44. The van der Waals surface area contributed by atoms with E-state index in [-0.39, 0.29) is 23.2 Å². The average molecular weight is 347 g/mol. The molecule has 4 rings (SSSR count). The summed E-state index contributed by atoms with van der Waals surface area (Å²) in [6, 6.07) is 0. The molecule has 3 saturated carbocycles. The van der Waals surface area contributed by atoms with Gasteiger partial charge in [-0.3, -0.25) is 4.79 Å². The molecule has 0 aromatic carbocycles. The first kappa shape index (κ1) is 17.7. The number of ketones is 1. The van der Waals surface area contributed by atoms with Crippen LogP contribution in [-0.4, -0.2) is 28.2 Å². The fourth-order valence-corrected chi connectivity index (χ4v) is 7.60. The van der Waals surface area contributed by atoms with Crippen molar-refractivity contribution in [3.8, 4) is 0 Å². The molecule has 0 aromatic heterocycles. The molecule has 0 aliphatic heterocycles. The SMILES string of the molecule is CC(CO)[C@H]1CC[C@H]2[C@@H]3CCC4=CC(=O)CC[C@]4(C)[C@@]3(O)CC[C@]12C. The molecule has 0 radical (unpaired) electrons. The quantitative estimate of drug-likeness (QED) is 0.798. The second-order valence-corrected chi connectivity index (χ2v) is 9.99. The average Bonchev–Trinajstić information content (AvgIpc) is 2.93. The number of fused-ring (bicyclic) bond motifs is 5. The minimum absolute atomic E-state index is 0.216. The molecule has 25 heavy (non-hydrogen) atoms. The van der Waals surface area contributed by atoms with E-state index in [4.69, 9.17) is 0 Å². The smallest absolute Gasteiger partial charge is 0.155 e. The first-order chi connectivity index (χ1) is 11.8. The lowest BCUT2D eigenvalue weighted by Gasteiger charge is -2.63. The van der Waals surface area contributed by atoms with Crippen molar-refractivity contribution in [1.82, 2.24) is 0 Å². The number of carbonyl (C=O) groups is 1. The molecular weight excluding hydrogens is 312 g/mol.